The van der Waals surface area contributed by atoms with Crippen molar-refractivity contribution in [3.8, 4) is 11.8 Å². The van der Waals surface area contributed by atoms with E-state index in [0.29, 0.717) is 0 Å². The van der Waals surface area contributed by atoms with Gasteiger partial charge in [-0.1, -0.05) is 43.7 Å². The van der Waals surface area contributed by atoms with E-state index in [2.05, 4.69) is 30.9 Å². The second kappa shape index (κ2) is 7.78. The van der Waals surface area contributed by atoms with Crippen molar-refractivity contribution in [3.05, 3.63) is 70.5 Å². The normalized spacial score (nSPS) is 20.0. The second-order valence-electron chi connectivity index (χ2n) is 7.03. The largest absolute Gasteiger partial charge is 0.204 e. The van der Waals surface area contributed by atoms with Crippen molar-refractivity contribution < 1.29 is 13.2 Å². The maximum atomic E-state index is 13.2. The molecule has 0 saturated heterocycles. The van der Waals surface area contributed by atoms with Gasteiger partial charge >= 0.3 is 0 Å². The molecule has 0 bridgehead atoms. The minimum absolute atomic E-state index is 0.122. The molecule has 0 N–H and O–H groups in total. The molecule has 2 aromatic carbocycles. The molecule has 0 nitrogen and oxygen atoms in total. The topological polar surface area (TPSA) is 0 Å². The lowest BCUT2D eigenvalue weighted by atomic mass is 9.80. The van der Waals surface area contributed by atoms with Crippen LogP contribution in [0.1, 0.15) is 49.3 Å². The third kappa shape index (κ3) is 4.66. The summed E-state index contributed by atoms with van der Waals surface area (Å²) in [5, 5.41) is 0. The fourth-order valence-corrected chi connectivity index (χ4v) is 3.36. The summed E-state index contributed by atoms with van der Waals surface area (Å²) in [6, 6.07) is 9.78. The van der Waals surface area contributed by atoms with E-state index in [1.165, 1.54) is 31.2 Å². The van der Waals surface area contributed by atoms with Gasteiger partial charge in [-0.05, 0) is 60.9 Å². The molecular weight excluding hydrogens is 321 g/mol. The highest BCUT2D eigenvalue weighted by Crippen LogP contribution is 2.30. The van der Waals surface area contributed by atoms with E-state index in [0.717, 1.165) is 36.0 Å². The molecule has 1 aliphatic carbocycles. The third-order valence-corrected chi connectivity index (χ3v) is 4.95. The van der Waals surface area contributed by atoms with Crippen LogP contribution in [0.3, 0.4) is 0 Å². The Kier molecular flexibility index (Phi) is 5.48. The SMILES string of the molecule is CC1CCC(Cc2ccc(C#Cc3cc(F)c(F)c(F)c3)cc2)CC1. The van der Waals surface area contributed by atoms with E-state index in [4.69, 9.17) is 0 Å². The van der Waals surface area contributed by atoms with Gasteiger partial charge in [0.2, 0.25) is 0 Å². The summed E-state index contributed by atoms with van der Waals surface area (Å²) in [6.07, 6.45) is 6.32. The van der Waals surface area contributed by atoms with Gasteiger partial charge in [-0.2, -0.15) is 0 Å². The summed E-state index contributed by atoms with van der Waals surface area (Å²) < 4.78 is 39.3. The Hall–Kier alpha value is -2.21. The highest BCUT2D eigenvalue weighted by atomic mass is 19.2. The van der Waals surface area contributed by atoms with Crippen molar-refractivity contribution in [1.29, 1.82) is 0 Å². The fourth-order valence-electron chi connectivity index (χ4n) is 3.36. The minimum Gasteiger partial charge on any atom is -0.204 e. The Balaban J connectivity index is 1.65. The van der Waals surface area contributed by atoms with Gasteiger partial charge in [-0.3, -0.25) is 0 Å². The van der Waals surface area contributed by atoms with Crippen molar-refractivity contribution in [2.75, 3.05) is 0 Å². The van der Waals surface area contributed by atoms with Crippen LogP contribution in [0.4, 0.5) is 13.2 Å². The zero-order valence-electron chi connectivity index (χ0n) is 14.3. The Morgan fingerprint density at radius 2 is 1.40 bits per heavy atom. The highest BCUT2D eigenvalue weighted by molar-refractivity contribution is 5.43. The zero-order valence-corrected chi connectivity index (χ0v) is 14.3. The Labute approximate surface area is 147 Å². The van der Waals surface area contributed by atoms with E-state index in [1.54, 1.807) is 0 Å². The maximum absolute atomic E-state index is 13.2. The second-order valence-corrected chi connectivity index (χ2v) is 7.03. The molecule has 0 spiro atoms. The van der Waals surface area contributed by atoms with Gasteiger partial charge in [0.15, 0.2) is 17.5 Å². The minimum atomic E-state index is -1.47. The third-order valence-electron chi connectivity index (χ3n) is 4.95. The molecule has 0 amide bonds. The van der Waals surface area contributed by atoms with Crippen LogP contribution < -0.4 is 0 Å². The van der Waals surface area contributed by atoms with Gasteiger partial charge in [0.05, 0.1) is 0 Å². The molecular formula is C22H21F3. The van der Waals surface area contributed by atoms with E-state index in [9.17, 15) is 13.2 Å². The van der Waals surface area contributed by atoms with E-state index < -0.39 is 17.5 Å². The molecule has 1 saturated carbocycles. The van der Waals surface area contributed by atoms with Crippen LogP contribution in [0, 0.1) is 41.1 Å². The first kappa shape index (κ1) is 17.6. The summed E-state index contributed by atoms with van der Waals surface area (Å²) in [5.41, 5.74) is 2.19. The molecule has 25 heavy (non-hydrogen) atoms. The van der Waals surface area contributed by atoms with Crippen LogP contribution in [-0.4, -0.2) is 0 Å². The molecule has 0 aromatic heterocycles. The number of benzene rings is 2. The summed E-state index contributed by atoms with van der Waals surface area (Å²) in [5.74, 6) is 3.26. The summed E-state index contributed by atoms with van der Waals surface area (Å²) in [6.45, 7) is 2.32. The quantitative estimate of drug-likeness (QED) is 0.473. The summed E-state index contributed by atoms with van der Waals surface area (Å²) in [4.78, 5) is 0. The number of hydrogen-bond acceptors (Lipinski definition) is 0. The fraction of sp³-hybridized carbons (Fsp3) is 0.364. The number of halogens is 3. The first-order chi connectivity index (χ1) is 12.0. The van der Waals surface area contributed by atoms with Gasteiger partial charge in [-0.25, -0.2) is 13.2 Å². The van der Waals surface area contributed by atoms with Crippen LogP contribution >= 0.6 is 0 Å². The van der Waals surface area contributed by atoms with Crippen LogP contribution in [0.2, 0.25) is 0 Å². The Morgan fingerprint density at radius 1 is 0.840 bits per heavy atom. The Bertz CT molecular complexity index is 765. The molecule has 0 atom stereocenters. The van der Waals surface area contributed by atoms with Crippen LogP contribution in [-0.2, 0) is 6.42 Å². The van der Waals surface area contributed by atoms with Gasteiger partial charge in [0, 0.05) is 11.1 Å². The first-order valence-electron chi connectivity index (χ1n) is 8.77. The first-order valence-corrected chi connectivity index (χ1v) is 8.77. The predicted octanol–water partition coefficient (Wildman–Crippen LogP) is 5.87. The highest BCUT2D eigenvalue weighted by Gasteiger charge is 2.18. The van der Waals surface area contributed by atoms with Crippen LogP contribution in [0.25, 0.3) is 0 Å². The summed E-state index contributed by atoms with van der Waals surface area (Å²) >= 11 is 0. The van der Waals surface area contributed by atoms with Crippen LogP contribution in [0.5, 0.6) is 0 Å². The van der Waals surface area contributed by atoms with E-state index >= 15 is 0 Å². The summed E-state index contributed by atoms with van der Waals surface area (Å²) in [7, 11) is 0. The Morgan fingerprint density at radius 3 is 2.00 bits per heavy atom. The molecule has 3 rings (SSSR count). The van der Waals surface area contributed by atoms with Crippen molar-refractivity contribution in [2.24, 2.45) is 11.8 Å². The molecule has 2 aromatic rings. The van der Waals surface area contributed by atoms with Crippen LogP contribution in [0.15, 0.2) is 36.4 Å². The van der Waals surface area contributed by atoms with Gasteiger partial charge in [0.1, 0.15) is 0 Å². The van der Waals surface area contributed by atoms with Crippen molar-refractivity contribution in [3.63, 3.8) is 0 Å². The van der Waals surface area contributed by atoms with Gasteiger partial charge in [-0.15, -0.1) is 0 Å². The number of hydrogen-bond donors (Lipinski definition) is 0. The van der Waals surface area contributed by atoms with Gasteiger partial charge in [0.25, 0.3) is 0 Å². The standard InChI is InChI=1S/C22H21F3/c1-15-2-4-17(5-3-15)12-18-9-6-16(7-10-18)8-11-19-13-20(23)22(25)21(24)14-19/h6-7,9-10,13-15,17H,2-5,12H2,1H3. The molecule has 1 aliphatic rings. The maximum Gasteiger partial charge on any atom is 0.194 e. The zero-order chi connectivity index (χ0) is 17.8. The van der Waals surface area contributed by atoms with E-state index in [1.807, 2.05) is 12.1 Å². The molecule has 3 heteroatoms. The molecule has 0 unspecified atom stereocenters. The van der Waals surface area contributed by atoms with Crippen molar-refractivity contribution in [2.45, 2.75) is 39.0 Å². The number of rotatable bonds is 2. The van der Waals surface area contributed by atoms with Crippen molar-refractivity contribution >= 4 is 0 Å². The lowest BCUT2D eigenvalue weighted by Crippen LogP contribution is -2.14. The van der Waals surface area contributed by atoms with Crippen molar-refractivity contribution in [1.82, 2.24) is 0 Å². The lowest BCUT2D eigenvalue weighted by Gasteiger charge is -2.26. The molecule has 0 heterocycles. The van der Waals surface area contributed by atoms with E-state index in [-0.39, 0.29) is 5.56 Å². The molecule has 1 fully saturated rings. The molecule has 0 radical (unpaired) electrons. The lowest BCUT2D eigenvalue weighted by molar-refractivity contribution is 0.289. The average molecular weight is 342 g/mol. The molecule has 0 aliphatic heterocycles. The smallest absolute Gasteiger partial charge is 0.194 e. The molecule has 130 valence electrons. The monoisotopic (exact) mass is 342 g/mol. The predicted molar refractivity (Wildman–Crippen MR) is 93.6 cm³/mol. The average Bonchev–Trinajstić information content (AvgIpc) is 2.61. The van der Waals surface area contributed by atoms with Gasteiger partial charge < -0.3 is 0 Å².